The van der Waals surface area contributed by atoms with Crippen molar-refractivity contribution < 1.29 is 10.2 Å². The molecule has 0 aromatic heterocycles. The zero-order valence-corrected chi connectivity index (χ0v) is 8.86. The fraction of sp³-hybridized carbons (Fsp3) is 0.667. The minimum atomic E-state index is -0.353. The summed E-state index contributed by atoms with van der Waals surface area (Å²) in [5.74, 6) is 0. The Hall–Kier alpha value is -0.600. The molecular formula is C12H22O2. The zero-order valence-electron chi connectivity index (χ0n) is 8.86. The van der Waals surface area contributed by atoms with E-state index < -0.39 is 0 Å². The van der Waals surface area contributed by atoms with Crippen LogP contribution in [0.3, 0.4) is 0 Å². The first-order chi connectivity index (χ1) is 6.70. The van der Waals surface area contributed by atoms with Crippen LogP contribution in [0.5, 0.6) is 0 Å². The molecule has 0 rings (SSSR count). The second-order valence-electron chi connectivity index (χ2n) is 3.60. The summed E-state index contributed by atoms with van der Waals surface area (Å²) in [4.78, 5) is 0. The third-order valence-corrected chi connectivity index (χ3v) is 2.29. The summed E-state index contributed by atoms with van der Waals surface area (Å²) in [6, 6.07) is 0. The summed E-state index contributed by atoms with van der Waals surface area (Å²) in [5, 5.41) is 18.3. The predicted octanol–water partition coefficient (Wildman–Crippen LogP) is 2.42. The van der Waals surface area contributed by atoms with Crippen molar-refractivity contribution in [2.75, 3.05) is 0 Å². The van der Waals surface area contributed by atoms with Crippen LogP contribution in [0.1, 0.15) is 38.5 Å². The molecule has 0 heterocycles. The third kappa shape index (κ3) is 8.02. The van der Waals surface area contributed by atoms with E-state index >= 15 is 0 Å². The van der Waals surface area contributed by atoms with Gasteiger partial charge in [0.05, 0.1) is 12.2 Å². The van der Waals surface area contributed by atoms with Crippen LogP contribution in [-0.2, 0) is 0 Å². The monoisotopic (exact) mass is 198 g/mol. The number of rotatable bonds is 9. The predicted molar refractivity (Wildman–Crippen MR) is 60.1 cm³/mol. The molecule has 0 amide bonds. The molecule has 0 bridgehead atoms. The molecule has 0 saturated carbocycles. The van der Waals surface area contributed by atoms with E-state index in [1.165, 1.54) is 0 Å². The van der Waals surface area contributed by atoms with Gasteiger partial charge in [0.15, 0.2) is 0 Å². The summed E-state index contributed by atoms with van der Waals surface area (Å²) < 4.78 is 0. The van der Waals surface area contributed by atoms with E-state index in [-0.39, 0.29) is 12.2 Å². The van der Waals surface area contributed by atoms with Crippen LogP contribution in [0.4, 0.5) is 0 Å². The lowest BCUT2D eigenvalue weighted by atomic mass is 10.1. The van der Waals surface area contributed by atoms with E-state index in [4.69, 9.17) is 10.2 Å². The average Bonchev–Trinajstić information content (AvgIpc) is 2.22. The number of unbranched alkanes of at least 4 members (excludes halogenated alkanes) is 3. The summed E-state index contributed by atoms with van der Waals surface area (Å²) in [6.45, 7) is 7.03. The lowest BCUT2D eigenvalue weighted by molar-refractivity contribution is 0.202. The first kappa shape index (κ1) is 13.4. The maximum atomic E-state index is 9.17. The van der Waals surface area contributed by atoms with Gasteiger partial charge >= 0.3 is 0 Å². The van der Waals surface area contributed by atoms with Gasteiger partial charge in [-0.3, -0.25) is 0 Å². The molecule has 2 atom stereocenters. The maximum absolute atomic E-state index is 9.17. The normalized spacial score (nSPS) is 14.7. The van der Waals surface area contributed by atoms with E-state index in [9.17, 15) is 0 Å². The maximum Gasteiger partial charge on any atom is 0.0718 e. The third-order valence-electron chi connectivity index (χ3n) is 2.29. The minimum Gasteiger partial charge on any atom is -0.389 e. The molecule has 0 aliphatic carbocycles. The summed E-state index contributed by atoms with van der Waals surface area (Å²) in [6.07, 6.45) is 8.30. The highest BCUT2D eigenvalue weighted by Crippen LogP contribution is 2.09. The van der Waals surface area contributed by atoms with Crippen molar-refractivity contribution in [1.82, 2.24) is 0 Å². The molecule has 2 N–H and O–H groups in total. The van der Waals surface area contributed by atoms with Crippen molar-refractivity contribution in [3.8, 4) is 0 Å². The number of aliphatic hydroxyl groups is 2. The van der Waals surface area contributed by atoms with Crippen molar-refractivity contribution in [1.29, 1.82) is 0 Å². The van der Waals surface area contributed by atoms with Gasteiger partial charge in [-0.1, -0.05) is 37.8 Å². The van der Waals surface area contributed by atoms with Gasteiger partial charge in [0.2, 0.25) is 0 Å². The Balaban J connectivity index is 3.13. The van der Waals surface area contributed by atoms with Crippen molar-refractivity contribution in [3.05, 3.63) is 25.3 Å². The Morgan fingerprint density at radius 2 is 1.14 bits per heavy atom. The lowest BCUT2D eigenvalue weighted by Gasteiger charge is -2.06. The molecule has 2 unspecified atom stereocenters. The van der Waals surface area contributed by atoms with Crippen LogP contribution in [0.2, 0.25) is 0 Å². The number of aliphatic hydroxyl groups excluding tert-OH is 2. The molecule has 14 heavy (non-hydrogen) atoms. The first-order valence-corrected chi connectivity index (χ1v) is 5.32. The van der Waals surface area contributed by atoms with Crippen molar-refractivity contribution in [2.24, 2.45) is 0 Å². The number of hydrogen-bond acceptors (Lipinski definition) is 2. The summed E-state index contributed by atoms with van der Waals surface area (Å²) in [7, 11) is 0. The molecule has 0 aromatic carbocycles. The SMILES string of the molecule is C=CC(O)CCCCCCC(O)C=C. The molecular weight excluding hydrogens is 176 g/mol. The molecule has 0 spiro atoms. The van der Waals surface area contributed by atoms with Crippen LogP contribution < -0.4 is 0 Å². The molecule has 0 fully saturated rings. The molecule has 0 saturated heterocycles. The van der Waals surface area contributed by atoms with Crippen molar-refractivity contribution >= 4 is 0 Å². The number of hydrogen-bond donors (Lipinski definition) is 2. The Morgan fingerprint density at radius 3 is 1.43 bits per heavy atom. The van der Waals surface area contributed by atoms with E-state index in [2.05, 4.69) is 13.2 Å². The highest BCUT2D eigenvalue weighted by molar-refractivity contribution is 4.78. The quantitative estimate of drug-likeness (QED) is 0.441. The Labute approximate surface area is 87.0 Å². The van der Waals surface area contributed by atoms with Gasteiger partial charge < -0.3 is 10.2 Å². The molecule has 2 heteroatoms. The fourth-order valence-corrected chi connectivity index (χ4v) is 1.30. The van der Waals surface area contributed by atoms with E-state index in [1.54, 1.807) is 12.2 Å². The van der Waals surface area contributed by atoms with Gasteiger partial charge in [-0.2, -0.15) is 0 Å². The second-order valence-corrected chi connectivity index (χ2v) is 3.60. The molecule has 2 nitrogen and oxygen atoms in total. The van der Waals surface area contributed by atoms with Gasteiger partial charge in [-0.25, -0.2) is 0 Å². The molecule has 0 aromatic rings. The highest BCUT2D eigenvalue weighted by Gasteiger charge is 1.99. The molecule has 82 valence electrons. The van der Waals surface area contributed by atoms with Gasteiger partial charge in [0, 0.05) is 0 Å². The fourth-order valence-electron chi connectivity index (χ4n) is 1.30. The Morgan fingerprint density at radius 1 is 0.786 bits per heavy atom. The topological polar surface area (TPSA) is 40.5 Å². The van der Waals surface area contributed by atoms with Gasteiger partial charge in [-0.05, 0) is 12.8 Å². The van der Waals surface area contributed by atoms with Crippen LogP contribution in [0.25, 0.3) is 0 Å². The second kappa shape index (κ2) is 8.97. The van der Waals surface area contributed by atoms with Crippen molar-refractivity contribution in [3.63, 3.8) is 0 Å². The molecule has 0 radical (unpaired) electrons. The highest BCUT2D eigenvalue weighted by atomic mass is 16.3. The smallest absolute Gasteiger partial charge is 0.0718 e. The Bertz CT molecular complexity index is 136. The lowest BCUT2D eigenvalue weighted by Crippen LogP contribution is -2.02. The summed E-state index contributed by atoms with van der Waals surface area (Å²) in [5.41, 5.74) is 0. The van der Waals surface area contributed by atoms with E-state index in [1.807, 2.05) is 0 Å². The first-order valence-electron chi connectivity index (χ1n) is 5.32. The molecule has 0 aliphatic heterocycles. The zero-order chi connectivity index (χ0) is 10.8. The van der Waals surface area contributed by atoms with Crippen LogP contribution >= 0.6 is 0 Å². The largest absolute Gasteiger partial charge is 0.389 e. The van der Waals surface area contributed by atoms with Crippen LogP contribution in [0.15, 0.2) is 25.3 Å². The standard InChI is InChI=1S/C12H22O2/c1-3-11(13)9-7-5-6-8-10-12(14)4-2/h3-4,11-14H,1-2,5-10H2. The van der Waals surface area contributed by atoms with Crippen LogP contribution in [0, 0.1) is 0 Å². The van der Waals surface area contributed by atoms with Gasteiger partial charge in [0.1, 0.15) is 0 Å². The van der Waals surface area contributed by atoms with Gasteiger partial charge in [0.25, 0.3) is 0 Å². The molecule has 0 aliphatic rings. The van der Waals surface area contributed by atoms with Crippen LogP contribution in [-0.4, -0.2) is 22.4 Å². The van der Waals surface area contributed by atoms with E-state index in [0.29, 0.717) is 0 Å². The van der Waals surface area contributed by atoms with Crippen molar-refractivity contribution in [2.45, 2.75) is 50.7 Å². The summed E-state index contributed by atoms with van der Waals surface area (Å²) >= 11 is 0. The van der Waals surface area contributed by atoms with Gasteiger partial charge in [-0.15, -0.1) is 13.2 Å². The van der Waals surface area contributed by atoms with E-state index in [0.717, 1.165) is 38.5 Å². The Kier molecular flexibility index (Phi) is 8.59. The minimum absolute atomic E-state index is 0.353. The average molecular weight is 198 g/mol.